The van der Waals surface area contributed by atoms with Crippen LogP contribution in [-0.4, -0.2) is 114 Å². The molecule has 3 aromatic carbocycles. The largest absolute Gasteiger partial charge is 0.481 e. The molecule has 1 saturated heterocycles. The first-order valence-electron chi connectivity index (χ1n) is 23.2. The van der Waals surface area contributed by atoms with Gasteiger partial charge in [-0.15, -0.1) is 0 Å². The van der Waals surface area contributed by atoms with Crippen molar-refractivity contribution < 1.29 is 46.6 Å². The minimum absolute atomic E-state index is 0.0554. The van der Waals surface area contributed by atoms with Crippen LogP contribution in [-0.2, 0) is 50.2 Å². The lowest BCUT2D eigenvalue weighted by atomic mass is 9.82. The number of hydrogen-bond donors (Lipinski definition) is 4. The Morgan fingerprint density at radius 3 is 2.24 bits per heavy atom. The topological polar surface area (TPSA) is 167 Å². The van der Waals surface area contributed by atoms with Gasteiger partial charge in [0.1, 0.15) is 23.4 Å². The lowest BCUT2D eigenvalue weighted by Gasteiger charge is -2.45. The molecule has 4 N–H and O–H groups in total. The molecule has 1 aliphatic rings. The number of ether oxygens (including phenoxy) is 1. The molecule has 1 aromatic heterocycles. The molecule has 70 heavy (non-hydrogen) atoms. The van der Waals surface area contributed by atoms with Gasteiger partial charge in [-0.2, -0.15) is 13.2 Å². The summed E-state index contributed by atoms with van der Waals surface area (Å²) >= 11 is 12.6. The van der Waals surface area contributed by atoms with Gasteiger partial charge in [-0.1, -0.05) is 62.2 Å². The number of imidazole rings is 1. The molecule has 1 aliphatic heterocycles. The fourth-order valence-corrected chi connectivity index (χ4v) is 9.33. The second kappa shape index (κ2) is 23.5. The quantitative estimate of drug-likeness (QED) is 0.0592. The third-order valence-corrected chi connectivity index (χ3v) is 18.0. The summed E-state index contributed by atoms with van der Waals surface area (Å²) in [5, 5.41) is 19.3. The van der Waals surface area contributed by atoms with Gasteiger partial charge in [-0.3, -0.25) is 19.2 Å². The summed E-state index contributed by atoms with van der Waals surface area (Å²) in [7, 11) is 3.44. The molecule has 0 bridgehead atoms. The summed E-state index contributed by atoms with van der Waals surface area (Å²) in [5.41, 5.74) is 2.09. The van der Waals surface area contributed by atoms with Crippen LogP contribution < -0.4 is 20.7 Å². The van der Waals surface area contributed by atoms with Crippen LogP contribution in [0.1, 0.15) is 70.3 Å². The Kier molecular flexibility index (Phi) is 18.8. The standard InChI is InChI=1S/C50H66Cl2F3N7O7Si/c1-32(56-27-35-13-18-38(52)24-42(35)69-39-19-14-34(15-20-39)41-28-57-43(61(41)7)29-60(5)6)45(65)58-40(30-68-70(8,9)48(2,3)4)46(66)59-49(25-33-11-16-37(51)17-12-33)21-10-22-62(31-49)47(67)36(23-44(63)64)26-50(53,54)55/h11-20,24,28,32,36,40,56H,10,21-23,25-27,29-31H2,1-9H3,(H,58,65)(H,59,66)(H,63,64). The number of amides is 3. The predicted molar refractivity (Wildman–Crippen MR) is 267 cm³/mol. The molecule has 0 aliphatic carbocycles. The van der Waals surface area contributed by atoms with Crippen LogP contribution >= 0.6 is 23.2 Å². The van der Waals surface area contributed by atoms with Gasteiger partial charge in [0, 0.05) is 47.9 Å². The third kappa shape index (κ3) is 15.8. The molecule has 4 aromatic rings. The first-order valence-corrected chi connectivity index (χ1v) is 26.8. The van der Waals surface area contributed by atoms with E-state index in [-0.39, 0.29) is 44.1 Å². The number of carboxylic acid groups (broad SMARTS) is 1. The van der Waals surface area contributed by atoms with Crippen molar-refractivity contribution in [2.24, 2.45) is 13.0 Å². The van der Waals surface area contributed by atoms with Crippen molar-refractivity contribution in [3.8, 4) is 22.8 Å². The highest BCUT2D eigenvalue weighted by Crippen LogP contribution is 2.37. The van der Waals surface area contributed by atoms with Gasteiger partial charge in [0.2, 0.25) is 17.7 Å². The highest BCUT2D eigenvalue weighted by molar-refractivity contribution is 6.74. The summed E-state index contributed by atoms with van der Waals surface area (Å²) in [6.07, 6.45) is -4.83. The third-order valence-electron chi connectivity index (χ3n) is 13.0. The van der Waals surface area contributed by atoms with Crippen molar-refractivity contribution in [1.29, 1.82) is 0 Å². The maximum Gasteiger partial charge on any atom is 0.389 e. The van der Waals surface area contributed by atoms with Gasteiger partial charge in [-0.05, 0) is 113 Å². The number of carboxylic acids is 1. The Bertz CT molecular complexity index is 2450. The molecule has 4 atom stereocenters. The van der Waals surface area contributed by atoms with Gasteiger partial charge >= 0.3 is 12.1 Å². The van der Waals surface area contributed by atoms with Crippen LogP contribution in [0.15, 0.2) is 72.9 Å². The molecule has 1 fully saturated rings. The first-order chi connectivity index (χ1) is 32.6. The summed E-state index contributed by atoms with van der Waals surface area (Å²) in [6, 6.07) is 17.5. The van der Waals surface area contributed by atoms with E-state index >= 15 is 0 Å². The Hall–Kier alpha value is -4.98. The Labute approximate surface area is 419 Å². The van der Waals surface area contributed by atoms with Gasteiger partial charge < -0.3 is 44.6 Å². The normalized spacial score (nSPS) is 16.9. The molecule has 5 rings (SSSR count). The maximum atomic E-state index is 14.7. The van der Waals surface area contributed by atoms with E-state index in [0.29, 0.717) is 45.6 Å². The number of likely N-dealkylation sites (tertiary alicyclic amines) is 1. The Balaban J connectivity index is 1.35. The smallest absolute Gasteiger partial charge is 0.389 e. The average Bonchev–Trinajstić information content (AvgIpc) is 3.62. The number of nitrogens with zero attached hydrogens (tertiary/aromatic N) is 4. The highest BCUT2D eigenvalue weighted by Gasteiger charge is 2.45. The van der Waals surface area contributed by atoms with Crippen LogP contribution in [0.2, 0.25) is 28.2 Å². The maximum absolute atomic E-state index is 14.7. The van der Waals surface area contributed by atoms with Crippen molar-refractivity contribution >= 4 is 55.2 Å². The SMILES string of the molecule is CC(NCc1ccc(Cl)cc1Oc1ccc(-c2cnc(CN(C)C)n2C)cc1)C(=O)NC(CO[Si](C)(C)C(C)(C)C)C(=O)NC1(Cc2ccc(Cl)cc2)CCCN(C(=O)C(CC(=O)O)CC(F)(F)F)C1. The summed E-state index contributed by atoms with van der Waals surface area (Å²) < 4.78 is 55.9. The van der Waals surface area contributed by atoms with Gasteiger partial charge in [0.05, 0.1) is 55.4 Å². The number of piperidine rings is 1. The van der Waals surface area contributed by atoms with E-state index in [1.54, 1.807) is 49.4 Å². The second-order valence-corrected chi connectivity index (χ2v) is 25.7. The molecule has 0 saturated carbocycles. The minimum Gasteiger partial charge on any atom is -0.481 e. The van der Waals surface area contributed by atoms with E-state index in [9.17, 15) is 37.5 Å². The number of aliphatic carboxylic acids is 1. The van der Waals surface area contributed by atoms with Crippen molar-refractivity contribution in [3.05, 3.63) is 99.9 Å². The van der Waals surface area contributed by atoms with Crippen LogP contribution in [0.3, 0.4) is 0 Å². The number of carbonyl (C=O) groups excluding carboxylic acids is 3. The van der Waals surface area contributed by atoms with Crippen LogP contribution in [0.5, 0.6) is 11.5 Å². The number of rotatable bonds is 21. The fraction of sp³-hybridized carbons (Fsp3) is 0.500. The zero-order valence-corrected chi connectivity index (χ0v) is 43.8. The monoisotopic (exact) mass is 1030 g/mol. The Morgan fingerprint density at radius 2 is 1.63 bits per heavy atom. The average molecular weight is 1030 g/mol. The molecule has 3 amide bonds. The van der Waals surface area contributed by atoms with E-state index in [2.05, 4.69) is 25.8 Å². The number of alkyl halides is 3. The summed E-state index contributed by atoms with van der Waals surface area (Å²) in [4.78, 5) is 62.1. The lowest BCUT2D eigenvalue weighted by Crippen LogP contribution is -2.65. The molecule has 14 nitrogen and oxygen atoms in total. The molecule has 0 radical (unpaired) electrons. The fourth-order valence-electron chi connectivity index (χ4n) is 8.03. The molecule has 4 unspecified atom stereocenters. The number of benzene rings is 3. The number of nitrogens with one attached hydrogen (secondary N) is 3. The molecule has 2 heterocycles. The van der Waals surface area contributed by atoms with Crippen molar-refractivity contribution in [3.63, 3.8) is 0 Å². The number of aromatic nitrogens is 2. The van der Waals surface area contributed by atoms with Crippen molar-refractivity contribution in [1.82, 2.24) is 35.3 Å². The second-order valence-electron chi connectivity index (χ2n) is 20.0. The zero-order chi connectivity index (χ0) is 51.8. The van der Waals surface area contributed by atoms with E-state index in [0.717, 1.165) is 17.1 Å². The van der Waals surface area contributed by atoms with Crippen LogP contribution in [0, 0.1) is 5.92 Å². The summed E-state index contributed by atoms with van der Waals surface area (Å²) in [6.45, 7) is 12.3. The van der Waals surface area contributed by atoms with E-state index < -0.39 is 74.6 Å². The highest BCUT2D eigenvalue weighted by atomic mass is 35.5. The molecular weight excluding hydrogens is 967 g/mol. The molecular formula is C50H66Cl2F3N7O7Si. The van der Waals surface area contributed by atoms with Gasteiger partial charge in [-0.25, -0.2) is 4.98 Å². The van der Waals surface area contributed by atoms with Crippen LogP contribution in [0.25, 0.3) is 11.3 Å². The minimum atomic E-state index is -4.79. The number of hydrogen-bond acceptors (Lipinski definition) is 9. The molecule has 0 spiro atoms. The van der Waals surface area contributed by atoms with Crippen molar-refractivity contribution in [2.75, 3.05) is 33.8 Å². The summed E-state index contributed by atoms with van der Waals surface area (Å²) in [5.74, 6) is -3.56. The van der Waals surface area contributed by atoms with Crippen LogP contribution in [0.4, 0.5) is 13.2 Å². The Morgan fingerprint density at radius 1 is 0.971 bits per heavy atom. The molecule has 382 valence electrons. The number of halogens is 5. The van der Waals surface area contributed by atoms with E-state index in [4.69, 9.17) is 32.4 Å². The first kappa shape index (κ1) is 55.9. The molecule has 20 heteroatoms. The predicted octanol–water partition coefficient (Wildman–Crippen LogP) is 9.00. The zero-order valence-electron chi connectivity index (χ0n) is 41.3. The number of carbonyl (C=O) groups is 4. The van der Waals surface area contributed by atoms with E-state index in [1.807, 2.05) is 90.0 Å². The lowest BCUT2D eigenvalue weighted by molar-refractivity contribution is -0.164. The van der Waals surface area contributed by atoms with Crippen molar-refractivity contribution in [2.45, 2.75) is 115 Å². The van der Waals surface area contributed by atoms with Gasteiger partial charge in [0.15, 0.2) is 8.32 Å². The van der Waals surface area contributed by atoms with E-state index in [1.165, 1.54) is 4.90 Å². The van der Waals surface area contributed by atoms with Gasteiger partial charge in [0.25, 0.3) is 0 Å².